The van der Waals surface area contributed by atoms with Gasteiger partial charge >= 0.3 is 0 Å². The minimum Gasteiger partial charge on any atom is -0.326 e. The number of aromatic nitrogens is 1. The zero-order chi connectivity index (χ0) is 17.8. The number of amides is 1. The molecule has 1 amide bonds. The molecule has 0 saturated carbocycles. The summed E-state index contributed by atoms with van der Waals surface area (Å²) in [4.78, 5) is 16.7. The normalized spacial score (nSPS) is 10.9. The summed E-state index contributed by atoms with van der Waals surface area (Å²) in [6.45, 7) is 0. The highest BCUT2D eigenvalue weighted by atomic mass is 32.1. The van der Waals surface area contributed by atoms with Crippen molar-refractivity contribution in [2.24, 2.45) is 0 Å². The van der Waals surface area contributed by atoms with Crippen molar-refractivity contribution in [2.45, 2.75) is 19.3 Å². The molecule has 5 heteroatoms. The highest BCUT2D eigenvalue weighted by Gasteiger charge is 2.06. The molecule has 0 unspecified atom stereocenters. The van der Waals surface area contributed by atoms with Crippen LogP contribution in [0.2, 0.25) is 0 Å². The third-order valence-electron chi connectivity index (χ3n) is 4.15. The number of para-hydroxylation sites is 1. The van der Waals surface area contributed by atoms with Gasteiger partial charge in [-0.1, -0.05) is 24.3 Å². The van der Waals surface area contributed by atoms with E-state index in [2.05, 4.69) is 39.9 Å². The van der Waals surface area contributed by atoms with Crippen LogP contribution in [-0.2, 0) is 17.6 Å². The molecule has 2 heterocycles. The number of thiophene rings is 1. The molecular formula is C21H18N2OS2. The van der Waals surface area contributed by atoms with Crippen LogP contribution in [0.4, 0.5) is 5.69 Å². The van der Waals surface area contributed by atoms with Gasteiger partial charge in [0.1, 0.15) is 0 Å². The third-order valence-corrected chi connectivity index (χ3v) is 5.92. The zero-order valence-corrected chi connectivity index (χ0v) is 15.8. The molecule has 0 saturated heterocycles. The minimum atomic E-state index is 0.0510. The van der Waals surface area contributed by atoms with E-state index in [1.165, 1.54) is 15.8 Å². The Bertz CT molecular complexity index is 971. The first kappa shape index (κ1) is 16.9. The number of nitrogens with zero attached hydrogens (tertiary/aromatic N) is 1. The van der Waals surface area contributed by atoms with E-state index in [0.717, 1.165) is 29.1 Å². The van der Waals surface area contributed by atoms with Crippen molar-refractivity contribution in [2.75, 3.05) is 5.32 Å². The van der Waals surface area contributed by atoms with Crippen molar-refractivity contribution >= 4 is 44.5 Å². The van der Waals surface area contributed by atoms with Crippen molar-refractivity contribution in [3.63, 3.8) is 0 Å². The summed E-state index contributed by atoms with van der Waals surface area (Å²) >= 11 is 3.39. The summed E-state index contributed by atoms with van der Waals surface area (Å²) in [5.41, 5.74) is 4.31. The molecule has 0 bridgehead atoms. The summed E-state index contributed by atoms with van der Waals surface area (Å²) in [7, 11) is 0. The average Bonchev–Trinajstić information content (AvgIpc) is 3.30. The van der Waals surface area contributed by atoms with Crippen LogP contribution in [0.25, 0.3) is 10.2 Å². The Morgan fingerprint density at radius 1 is 1.00 bits per heavy atom. The number of carbonyl (C=O) groups is 1. The number of anilines is 1. The lowest BCUT2D eigenvalue weighted by Gasteiger charge is -2.06. The summed E-state index contributed by atoms with van der Waals surface area (Å²) in [5, 5.41) is 8.20. The maximum atomic E-state index is 12.1. The van der Waals surface area contributed by atoms with Gasteiger partial charge in [-0.3, -0.25) is 4.79 Å². The first-order valence-electron chi connectivity index (χ1n) is 8.50. The molecule has 0 aliphatic carbocycles. The Morgan fingerprint density at radius 3 is 2.62 bits per heavy atom. The van der Waals surface area contributed by atoms with E-state index in [9.17, 15) is 4.79 Å². The molecule has 3 nitrogen and oxygen atoms in total. The van der Waals surface area contributed by atoms with Gasteiger partial charge < -0.3 is 5.32 Å². The van der Waals surface area contributed by atoms with Crippen LogP contribution in [0.3, 0.4) is 0 Å². The second kappa shape index (κ2) is 7.81. The van der Waals surface area contributed by atoms with Crippen molar-refractivity contribution in [3.8, 4) is 0 Å². The number of hydrogen-bond donors (Lipinski definition) is 1. The Balaban J connectivity index is 1.34. The number of hydrogen-bond acceptors (Lipinski definition) is 4. The van der Waals surface area contributed by atoms with E-state index >= 15 is 0 Å². The fourth-order valence-electron chi connectivity index (χ4n) is 2.79. The number of aryl methyl sites for hydroxylation is 1. The number of thiazole rings is 1. The Kier molecular flexibility index (Phi) is 5.09. The number of fused-ring (bicyclic) bond motifs is 1. The van der Waals surface area contributed by atoms with Crippen LogP contribution in [0.1, 0.15) is 22.6 Å². The Morgan fingerprint density at radius 2 is 1.85 bits per heavy atom. The molecule has 26 heavy (non-hydrogen) atoms. The van der Waals surface area contributed by atoms with Gasteiger partial charge in [0.2, 0.25) is 5.91 Å². The van der Waals surface area contributed by atoms with E-state index in [0.29, 0.717) is 6.42 Å². The van der Waals surface area contributed by atoms with Gasteiger partial charge in [-0.15, -0.1) is 11.3 Å². The SMILES string of the molecule is O=C(CCc1ccsc1)Nc1ccc(Cc2nc3ccccc3s2)cc1. The lowest BCUT2D eigenvalue weighted by atomic mass is 10.1. The summed E-state index contributed by atoms with van der Waals surface area (Å²) in [6.07, 6.45) is 2.10. The number of benzene rings is 2. The van der Waals surface area contributed by atoms with Crippen molar-refractivity contribution in [1.82, 2.24) is 4.98 Å². The number of rotatable bonds is 6. The van der Waals surface area contributed by atoms with Crippen LogP contribution in [0.5, 0.6) is 0 Å². The van der Waals surface area contributed by atoms with Gasteiger partial charge in [0, 0.05) is 18.5 Å². The first-order valence-corrected chi connectivity index (χ1v) is 10.3. The van der Waals surface area contributed by atoms with Crippen LogP contribution >= 0.6 is 22.7 Å². The molecule has 2 aromatic heterocycles. The van der Waals surface area contributed by atoms with Gasteiger partial charge in [-0.2, -0.15) is 11.3 Å². The van der Waals surface area contributed by atoms with Gasteiger partial charge in [0.25, 0.3) is 0 Å². The summed E-state index contributed by atoms with van der Waals surface area (Å²) < 4.78 is 1.22. The van der Waals surface area contributed by atoms with Gasteiger partial charge in [-0.25, -0.2) is 4.98 Å². The van der Waals surface area contributed by atoms with E-state index in [4.69, 9.17) is 0 Å². The topological polar surface area (TPSA) is 42.0 Å². The lowest BCUT2D eigenvalue weighted by Crippen LogP contribution is -2.12. The second-order valence-corrected chi connectivity index (χ2v) is 8.02. The van der Waals surface area contributed by atoms with Crippen LogP contribution < -0.4 is 5.32 Å². The van der Waals surface area contributed by atoms with Crippen LogP contribution in [0, 0.1) is 0 Å². The van der Waals surface area contributed by atoms with E-state index < -0.39 is 0 Å². The monoisotopic (exact) mass is 378 g/mol. The molecule has 0 radical (unpaired) electrons. The molecule has 130 valence electrons. The van der Waals surface area contributed by atoms with Crippen LogP contribution in [0.15, 0.2) is 65.4 Å². The molecule has 1 N–H and O–H groups in total. The summed E-state index contributed by atoms with van der Waals surface area (Å²) in [6, 6.07) is 18.3. The molecular weight excluding hydrogens is 360 g/mol. The van der Waals surface area contributed by atoms with E-state index in [1.807, 2.05) is 35.7 Å². The van der Waals surface area contributed by atoms with E-state index in [-0.39, 0.29) is 5.91 Å². The van der Waals surface area contributed by atoms with E-state index in [1.54, 1.807) is 22.7 Å². The zero-order valence-electron chi connectivity index (χ0n) is 14.1. The van der Waals surface area contributed by atoms with Crippen molar-refractivity contribution in [1.29, 1.82) is 0 Å². The molecule has 0 aliphatic heterocycles. The fourth-order valence-corrected chi connectivity index (χ4v) is 4.50. The predicted octanol–water partition coefficient (Wildman–Crippen LogP) is 5.52. The first-order chi connectivity index (χ1) is 12.8. The molecule has 0 aliphatic rings. The molecule has 4 aromatic rings. The quantitative estimate of drug-likeness (QED) is 0.480. The average molecular weight is 379 g/mol. The predicted molar refractivity (Wildman–Crippen MR) is 110 cm³/mol. The fraction of sp³-hybridized carbons (Fsp3) is 0.143. The third kappa shape index (κ3) is 4.18. The van der Waals surface area contributed by atoms with Crippen molar-refractivity contribution in [3.05, 3.63) is 81.5 Å². The summed E-state index contributed by atoms with van der Waals surface area (Å²) in [5.74, 6) is 0.0510. The van der Waals surface area contributed by atoms with Gasteiger partial charge in [0.05, 0.1) is 15.2 Å². The molecule has 0 fully saturated rings. The van der Waals surface area contributed by atoms with Crippen LogP contribution in [-0.4, -0.2) is 10.9 Å². The molecule has 0 spiro atoms. The molecule has 0 atom stereocenters. The Hall–Kier alpha value is -2.50. The minimum absolute atomic E-state index is 0.0510. The smallest absolute Gasteiger partial charge is 0.224 e. The maximum absolute atomic E-state index is 12.1. The number of carbonyl (C=O) groups excluding carboxylic acids is 1. The molecule has 4 rings (SSSR count). The largest absolute Gasteiger partial charge is 0.326 e. The Labute approximate surface area is 160 Å². The second-order valence-electron chi connectivity index (χ2n) is 6.13. The highest BCUT2D eigenvalue weighted by Crippen LogP contribution is 2.24. The van der Waals surface area contributed by atoms with Gasteiger partial charge in [0.15, 0.2) is 0 Å². The standard InChI is InChI=1S/C21H18N2OS2/c24-20(10-7-16-11-12-25-14-16)22-17-8-5-15(6-9-17)13-21-23-18-3-1-2-4-19(18)26-21/h1-6,8-9,11-12,14H,7,10,13H2,(H,22,24). The van der Waals surface area contributed by atoms with Gasteiger partial charge in [-0.05, 0) is 58.6 Å². The number of nitrogens with one attached hydrogen (secondary N) is 1. The molecule has 2 aromatic carbocycles. The lowest BCUT2D eigenvalue weighted by molar-refractivity contribution is -0.116. The maximum Gasteiger partial charge on any atom is 0.224 e. The highest BCUT2D eigenvalue weighted by molar-refractivity contribution is 7.18. The van der Waals surface area contributed by atoms with Crippen molar-refractivity contribution < 1.29 is 4.79 Å².